The molecule has 0 spiro atoms. The van der Waals surface area contributed by atoms with Crippen LogP contribution >= 0.6 is 22.6 Å². The summed E-state index contributed by atoms with van der Waals surface area (Å²) in [7, 11) is 0. The molecule has 0 aliphatic heterocycles. The Kier molecular flexibility index (Phi) is 11.5. The molecule has 0 saturated heterocycles. The maximum Gasteiger partial charge on any atom is 0.136 e. The number of ether oxygens (including phenoxy) is 1. The number of hydrogen-bond donors (Lipinski definition) is 0. The maximum atomic E-state index is 6.07. The Balaban J connectivity index is 1.75. The van der Waals surface area contributed by atoms with E-state index in [2.05, 4.69) is 83.1 Å². The van der Waals surface area contributed by atoms with Crippen LogP contribution in [-0.2, 0) is 0 Å². The molecule has 200 valence electrons. The average molecular weight is 651 g/mol. The summed E-state index contributed by atoms with van der Waals surface area (Å²) in [6.07, 6.45) is 5.23. The van der Waals surface area contributed by atoms with Crippen molar-refractivity contribution in [3.05, 3.63) is 173 Å². The van der Waals surface area contributed by atoms with E-state index in [-0.39, 0.29) is 0 Å². The molecule has 0 amide bonds. The number of rotatable bonds is 5. The fraction of sp³-hybridized carbons (Fsp3) is 0.0500. The summed E-state index contributed by atoms with van der Waals surface area (Å²) in [5.41, 5.74) is 6.63. The molecule has 0 fully saturated rings. The predicted molar refractivity (Wildman–Crippen MR) is 183 cm³/mol. The van der Waals surface area contributed by atoms with E-state index in [9.17, 15) is 0 Å². The van der Waals surface area contributed by atoms with Gasteiger partial charge < -0.3 is 4.74 Å². The molecule has 0 N–H and O–H groups in total. The van der Waals surface area contributed by atoms with Crippen molar-refractivity contribution in [2.75, 3.05) is 11.0 Å². The average Bonchev–Trinajstić information content (AvgIpc) is 3.04. The van der Waals surface area contributed by atoms with Crippen molar-refractivity contribution < 1.29 is 4.74 Å². The zero-order chi connectivity index (χ0) is 29.4. The van der Waals surface area contributed by atoms with E-state index in [1.165, 1.54) is 0 Å². The normalized spacial score (nSPS) is 9.79. The van der Waals surface area contributed by atoms with Gasteiger partial charge in [0.05, 0.1) is 12.2 Å². The lowest BCUT2D eigenvalue weighted by Crippen LogP contribution is -2.01. The Morgan fingerprint density at radius 3 is 1.79 bits per heavy atom. The Bertz CT molecular complexity index is 1860. The molecule has 0 heterocycles. The Hall–Kier alpha value is -5.13. The van der Waals surface area contributed by atoms with Gasteiger partial charge in [0.25, 0.3) is 0 Å². The van der Waals surface area contributed by atoms with Crippen LogP contribution in [0.1, 0.15) is 38.9 Å². The standard InChI is InChI=1S/C40H27IO/c1-3-13-32(4-2)22-24-34-16-9-11-19-37(34)28-29-39-38(20-12-21-40(39)42-31-30-41)27-26-36-18-10-8-17-35(36)25-23-33-14-6-5-7-15-33/h3-21H,1-2,30-31H2/b32-13+. The zero-order valence-corrected chi connectivity index (χ0v) is 25.2. The van der Waals surface area contributed by atoms with Gasteiger partial charge in [-0.05, 0) is 54.6 Å². The third-order valence-electron chi connectivity index (χ3n) is 5.84. The predicted octanol–water partition coefficient (Wildman–Crippen LogP) is 8.35. The highest BCUT2D eigenvalue weighted by Crippen LogP contribution is 2.22. The van der Waals surface area contributed by atoms with Gasteiger partial charge in [-0.15, -0.1) is 0 Å². The molecule has 0 unspecified atom stereocenters. The fourth-order valence-electron chi connectivity index (χ4n) is 3.79. The monoisotopic (exact) mass is 650 g/mol. The van der Waals surface area contributed by atoms with E-state index < -0.39 is 0 Å². The minimum atomic E-state index is 0.575. The fourth-order valence-corrected chi connectivity index (χ4v) is 4.01. The van der Waals surface area contributed by atoms with Crippen molar-refractivity contribution in [1.29, 1.82) is 0 Å². The third kappa shape index (κ3) is 8.68. The second-order valence-electron chi connectivity index (χ2n) is 8.74. The van der Waals surface area contributed by atoms with E-state index in [1.54, 1.807) is 12.2 Å². The first kappa shape index (κ1) is 29.8. The summed E-state index contributed by atoms with van der Waals surface area (Å²) in [4.78, 5) is 0. The first-order valence-electron chi connectivity index (χ1n) is 13.3. The molecular formula is C40H27IO. The first-order chi connectivity index (χ1) is 20.7. The van der Waals surface area contributed by atoms with Gasteiger partial charge in [0.15, 0.2) is 0 Å². The minimum absolute atomic E-state index is 0.575. The number of allylic oxidation sites excluding steroid dienone is 4. The minimum Gasteiger partial charge on any atom is -0.491 e. The summed E-state index contributed by atoms with van der Waals surface area (Å²) >= 11 is 2.30. The quantitative estimate of drug-likeness (QED) is 0.0914. The molecule has 0 radical (unpaired) electrons. The highest BCUT2D eigenvalue weighted by molar-refractivity contribution is 14.1. The summed E-state index contributed by atoms with van der Waals surface area (Å²) in [6.45, 7) is 8.14. The lowest BCUT2D eigenvalue weighted by molar-refractivity contribution is 0.345. The summed E-state index contributed by atoms with van der Waals surface area (Å²) in [5, 5.41) is 0. The van der Waals surface area contributed by atoms with Crippen LogP contribution in [-0.4, -0.2) is 11.0 Å². The van der Waals surface area contributed by atoms with E-state index in [0.29, 0.717) is 12.4 Å². The van der Waals surface area contributed by atoms with Crippen molar-refractivity contribution in [3.63, 3.8) is 0 Å². The van der Waals surface area contributed by atoms with E-state index >= 15 is 0 Å². The van der Waals surface area contributed by atoms with Crippen LogP contribution in [0.3, 0.4) is 0 Å². The molecule has 0 atom stereocenters. The van der Waals surface area contributed by atoms with Crippen molar-refractivity contribution in [3.8, 4) is 53.1 Å². The second kappa shape index (κ2) is 16.2. The van der Waals surface area contributed by atoms with Gasteiger partial charge in [-0.25, -0.2) is 0 Å². The smallest absolute Gasteiger partial charge is 0.136 e. The van der Waals surface area contributed by atoms with Crippen molar-refractivity contribution >= 4 is 22.6 Å². The van der Waals surface area contributed by atoms with Crippen molar-refractivity contribution in [2.45, 2.75) is 0 Å². The van der Waals surface area contributed by atoms with E-state index in [1.807, 2.05) is 103 Å². The molecule has 0 saturated carbocycles. The summed E-state index contributed by atoms with van der Waals surface area (Å²) in [5.74, 6) is 26.9. The Labute approximate surface area is 263 Å². The largest absolute Gasteiger partial charge is 0.491 e. The molecule has 2 heteroatoms. The summed E-state index contributed by atoms with van der Waals surface area (Å²) < 4.78 is 6.93. The van der Waals surface area contributed by atoms with Gasteiger partial charge >= 0.3 is 0 Å². The lowest BCUT2D eigenvalue weighted by Gasteiger charge is -2.08. The van der Waals surface area contributed by atoms with Crippen LogP contribution in [0.5, 0.6) is 5.75 Å². The van der Waals surface area contributed by atoms with Crippen LogP contribution in [0.4, 0.5) is 0 Å². The third-order valence-corrected chi connectivity index (χ3v) is 6.28. The molecule has 4 aromatic carbocycles. The van der Waals surface area contributed by atoms with Gasteiger partial charge in [0.2, 0.25) is 0 Å². The molecule has 4 rings (SSSR count). The van der Waals surface area contributed by atoms with Gasteiger partial charge in [0, 0.05) is 43.4 Å². The van der Waals surface area contributed by atoms with Crippen LogP contribution < -0.4 is 4.74 Å². The molecule has 0 aliphatic carbocycles. The van der Waals surface area contributed by atoms with Crippen LogP contribution in [0.25, 0.3) is 0 Å². The molecule has 0 aromatic heterocycles. The van der Waals surface area contributed by atoms with Crippen LogP contribution in [0.2, 0.25) is 0 Å². The Morgan fingerprint density at radius 1 is 0.619 bits per heavy atom. The summed E-state index contributed by atoms with van der Waals surface area (Å²) in [6, 6.07) is 31.5. The SMILES string of the molecule is C=C/C=C(/C#Cc1ccccc1C#Cc1c(C#Cc2ccccc2C#Cc2ccccc2)cccc1OCCI)C=C. The molecule has 1 nitrogen and oxygen atoms in total. The maximum absolute atomic E-state index is 6.07. The molecule has 4 aromatic rings. The topological polar surface area (TPSA) is 9.23 Å². The highest BCUT2D eigenvalue weighted by atomic mass is 127. The van der Waals surface area contributed by atoms with E-state index in [0.717, 1.165) is 48.9 Å². The molecule has 0 bridgehead atoms. The van der Waals surface area contributed by atoms with Gasteiger partial charge in [-0.3, -0.25) is 0 Å². The van der Waals surface area contributed by atoms with Gasteiger partial charge in [-0.1, -0.05) is 144 Å². The number of hydrogen-bond acceptors (Lipinski definition) is 1. The second-order valence-corrected chi connectivity index (χ2v) is 9.81. The van der Waals surface area contributed by atoms with Crippen LogP contribution in [0, 0.1) is 47.4 Å². The molecule has 42 heavy (non-hydrogen) atoms. The van der Waals surface area contributed by atoms with E-state index in [4.69, 9.17) is 4.74 Å². The first-order valence-corrected chi connectivity index (χ1v) is 14.8. The number of alkyl halides is 1. The van der Waals surface area contributed by atoms with Crippen molar-refractivity contribution in [2.24, 2.45) is 0 Å². The van der Waals surface area contributed by atoms with Crippen molar-refractivity contribution in [1.82, 2.24) is 0 Å². The Morgan fingerprint density at radius 2 is 1.17 bits per heavy atom. The van der Waals surface area contributed by atoms with Crippen LogP contribution in [0.15, 0.2) is 134 Å². The highest BCUT2D eigenvalue weighted by Gasteiger charge is 2.07. The number of benzene rings is 4. The number of halogens is 1. The lowest BCUT2D eigenvalue weighted by atomic mass is 10.0. The van der Waals surface area contributed by atoms with Gasteiger partial charge in [-0.2, -0.15) is 0 Å². The molecule has 0 aliphatic rings. The van der Waals surface area contributed by atoms with Gasteiger partial charge in [0.1, 0.15) is 5.75 Å². The zero-order valence-electron chi connectivity index (χ0n) is 23.1. The molecular weight excluding hydrogens is 623 g/mol.